The summed E-state index contributed by atoms with van der Waals surface area (Å²) in [5.41, 5.74) is 2.81. The molecule has 1 aromatic carbocycles. The number of aryl methyl sites for hydroxylation is 1. The monoisotopic (exact) mass is 248 g/mol. The minimum atomic E-state index is 0.429. The quantitative estimate of drug-likeness (QED) is 0.796. The highest BCUT2D eigenvalue weighted by atomic mass is 15.1. The highest BCUT2D eigenvalue weighted by molar-refractivity contribution is 5.29. The first-order valence-corrected chi connectivity index (χ1v) is 7.05. The number of likely N-dealkylation sites (N-methyl/N-ethyl adjacent to an activating group) is 1. The Morgan fingerprint density at radius 3 is 2.44 bits per heavy atom. The molecule has 1 atom stereocenters. The van der Waals surface area contributed by atoms with Crippen molar-refractivity contribution in [3.8, 4) is 0 Å². The van der Waals surface area contributed by atoms with Crippen molar-refractivity contribution in [1.82, 2.24) is 10.2 Å². The van der Waals surface area contributed by atoms with E-state index < -0.39 is 0 Å². The van der Waals surface area contributed by atoms with Gasteiger partial charge < -0.3 is 10.2 Å². The zero-order valence-electron chi connectivity index (χ0n) is 12.5. The van der Waals surface area contributed by atoms with Gasteiger partial charge in [-0.1, -0.05) is 31.2 Å². The second kappa shape index (κ2) is 7.55. The number of hydrogen-bond donors (Lipinski definition) is 1. The number of benzene rings is 1. The Bertz CT molecular complexity index is 347. The van der Waals surface area contributed by atoms with E-state index in [9.17, 15) is 0 Å². The van der Waals surface area contributed by atoms with Crippen LogP contribution < -0.4 is 5.32 Å². The van der Waals surface area contributed by atoms with E-state index in [1.165, 1.54) is 17.5 Å². The SMILES string of the molecule is CCCNC(CN(C)C(C)C)c1ccccc1C. The molecule has 1 unspecified atom stereocenters. The molecule has 0 aliphatic carbocycles. The average molecular weight is 248 g/mol. The first-order chi connectivity index (χ1) is 8.56. The Morgan fingerprint density at radius 2 is 1.89 bits per heavy atom. The molecule has 0 bridgehead atoms. The normalized spacial score (nSPS) is 13.3. The number of nitrogens with zero attached hydrogens (tertiary/aromatic N) is 1. The van der Waals surface area contributed by atoms with Crippen LogP contribution in [0.5, 0.6) is 0 Å². The lowest BCUT2D eigenvalue weighted by Gasteiger charge is -2.29. The Balaban J connectivity index is 2.81. The summed E-state index contributed by atoms with van der Waals surface area (Å²) in [4.78, 5) is 2.40. The minimum absolute atomic E-state index is 0.429. The fraction of sp³-hybridized carbons (Fsp3) is 0.625. The van der Waals surface area contributed by atoms with Gasteiger partial charge in [0.05, 0.1) is 0 Å². The van der Waals surface area contributed by atoms with Gasteiger partial charge in [-0.05, 0) is 51.9 Å². The van der Waals surface area contributed by atoms with E-state index in [0.29, 0.717) is 12.1 Å². The van der Waals surface area contributed by atoms with Gasteiger partial charge in [-0.25, -0.2) is 0 Å². The summed E-state index contributed by atoms with van der Waals surface area (Å²) in [7, 11) is 2.20. The molecule has 0 heterocycles. The largest absolute Gasteiger partial charge is 0.309 e. The zero-order valence-corrected chi connectivity index (χ0v) is 12.5. The predicted molar refractivity (Wildman–Crippen MR) is 80.0 cm³/mol. The summed E-state index contributed by atoms with van der Waals surface area (Å²) in [5.74, 6) is 0. The van der Waals surface area contributed by atoms with Gasteiger partial charge in [0.1, 0.15) is 0 Å². The Labute approximate surface area is 112 Å². The molecule has 18 heavy (non-hydrogen) atoms. The molecule has 0 saturated carbocycles. The van der Waals surface area contributed by atoms with Gasteiger partial charge in [0.2, 0.25) is 0 Å². The second-order valence-electron chi connectivity index (χ2n) is 5.40. The van der Waals surface area contributed by atoms with E-state index in [1.54, 1.807) is 0 Å². The highest BCUT2D eigenvalue weighted by Crippen LogP contribution is 2.19. The molecule has 2 nitrogen and oxygen atoms in total. The standard InChI is InChI=1S/C16H28N2/c1-6-11-17-16(12-18(5)13(2)3)15-10-8-7-9-14(15)4/h7-10,13,16-17H,6,11-12H2,1-5H3. The summed E-state index contributed by atoms with van der Waals surface area (Å²) < 4.78 is 0. The second-order valence-corrected chi connectivity index (χ2v) is 5.40. The average Bonchev–Trinajstić information content (AvgIpc) is 2.35. The van der Waals surface area contributed by atoms with Crippen LogP contribution in [0.1, 0.15) is 44.4 Å². The Kier molecular flexibility index (Phi) is 6.37. The molecule has 1 aromatic rings. The van der Waals surface area contributed by atoms with Gasteiger partial charge in [0.25, 0.3) is 0 Å². The van der Waals surface area contributed by atoms with Crippen LogP contribution in [0, 0.1) is 6.92 Å². The molecule has 0 fully saturated rings. The van der Waals surface area contributed by atoms with Crippen LogP contribution in [0.15, 0.2) is 24.3 Å². The van der Waals surface area contributed by atoms with Gasteiger partial charge in [-0.3, -0.25) is 0 Å². The third kappa shape index (κ3) is 4.43. The summed E-state index contributed by atoms with van der Waals surface area (Å²) >= 11 is 0. The van der Waals surface area contributed by atoms with Gasteiger partial charge >= 0.3 is 0 Å². The molecule has 1 N–H and O–H groups in total. The lowest BCUT2D eigenvalue weighted by atomic mass is 10.0. The van der Waals surface area contributed by atoms with Crippen molar-refractivity contribution in [1.29, 1.82) is 0 Å². The molecule has 0 amide bonds. The first-order valence-electron chi connectivity index (χ1n) is 7.05. The first kappa shape index (κ1) is 15.2. The number of nitrogens with one attached hydrogen (secondary N) is 1. The van der Waals surface area contributed by atoms with Crippen LogP contribution in [0.2, 0.25) is 0 Å². The maximum absolute atomic E-state index is 3.67. The third-order valence-corrected chi connectivity index (χ3v) is 3.56. The van der Waals surface area contributed by atoms with Gasteiger partial charge in [0, 0.05) is 18.6 Å². The Morgan fingerprint density at radius 1 is 1.22 bits per heavy atom. The van der Waals surface area contributed by atoms with Gasteiger partial charge in [-0.15, -0.1) is 0 Å². The Hall–Kier alpha value is -0.860. The van der Waals surface area contributed by atoms with E-state index in [-0.39, 0.29) is 0 Å². The molecule has 0 saturated heterocycles. The number of hydrogen-bond acceptors (Lipinski definition) is 2. The molecular formula is C16H28N2. The summed E-state index contributed by atoms with van der Waals surface area (Å²) in [6.45, 7) is 11.0. The van der Waals surface area contributed by atoms with E-state index in [2.05, 4.69) is 69.2 Å². The van der Waals surface area contributed by atoms with Crippen LogP contribution in [-0.4, -0.2) is 31.1 Å². The molecule has 0 radical (unpaired) electrons. The van der Waals surface area contributed by atoms with E-state index >= 15 is 0 Å². The van der Waals surface area contributed by atoms with Crippen molar-refractivity contribution in [3.05, 3.63) is 35.4 Å². The summed E-state index contributed by atoms with van der Waals surface area (Å²) in [6, 6.07) is 9.71. The third-order valence-electron chi connectivity index (χ3n) is 3.56. The molecular weight excluding hydrogens is 220 g/mol. The molecule has 0 aliphatic rings. The van der Waals surface area contributed by atoms with E-state index in [0.717, 1.165) is 13.1 Å². The van der Waals surface area contributed by atoms with Crippen LogP contribution >= 0.6 is 0 Å². The highest BCUT2D eigenvalue weighted by Gasteiger charge is 2.16. The van der Waals surface area contributed by atoms with Crippen molar-refractivity contribution in [3.63, 3.8) is 0 Å². The maximum atomic E-state index is 3.67. The van der Waals surface area contributed by atoms with Crippen LogP contribution in [-0.2, 0) is 0 Å². The number of rotatable bonds is 7. The van der Waals surface area contributed by atoms with E-state index in [1.807, 2.05) is 0 Å². The summed E-state index contributed by atoms with van der Waals surface area (Å²) in [6.07, 6.45) is 1.17. The molecule has 0 aromatic heterocycles. The van der Waals surface area contributed by atoms with Crippen LogP contribution in [0.25, 0.3) is 0 Å². The summed E-state index contributed by atoms with van der Waals surface area (Å²) in [5, 5.41) is 3.67. The maximum Gasteiger partial charge on any atom is 0.0451 e. The minimum Gasteiger partial charge on any atom is -0.309 e. The molecule has 102 valence electrons. The van der Waals surface area contributed by atoms with E-state index in [4.69, 9.17) is 0 Å². The fourth-order valence-electron chi connectivity index (χ4n) is 2.07. The van der Waals surface area contributed by atoms with Gasteiger partial charge in [0.15, 0.2) is 0 Å². The van der Waals surface area contributed by atoms with Crippen molar-refractivity contribution in [2.45, 2.75) is 46.2 Å². The van der Waals surface area contributed by atoms with Gasteiger partial charge in [-0.2, -0.15) is 0 Å². The zero-order chi connectivity index (χ0) is 13.5. The van der Waals surface area contributed by atoms with Crippen molar-refractivity contribution >= 4 is 0 Å². The molecule has 0 spiro atoms. The lowest BCUT2D eigenvalue weighted by Crippen LogP contribution is -2.37. The lowest BCUT2D eigenvalue weighted by molar-refractivity contribution is 0.242. The fourth-order valence-corrected chi connectivity index (χ4v) is 2.07. The topological polar surface area (TPSA) is 15.3 Å². The van der Waals surface area contributed by atoms with Crippen LogP contribution in [0.4, 0.5) is 0 Å². The van der Waals surface area contributed by atoms with Crippen molar-refractivity contribution < 1.29 is 0 Å². The molecule has 2 heteroatoms. The van der Waals surface area contributed by atoms with Crippen molar-refractivity contribution in [2.75, 3.05) is 20.1 Å². The molecule has 1 rings (SSSR count). The smallest absolute Gasteiger partial charge is 0.0451 e. The molecule has 0 aliphatic heterocycles. The van der Waals surface area contributed by atoms with Crippen LogP contribution in [0.3, 0.4) is 0 Å². The predicted octanol–water partition coefficient (Wildman–Crippen LogP) is 3.38. The van der Waals surface area contributed by atoms with Crippen molar-refractivity contribution in [2.24, 2.45) is 0 Å².